The number of hydrogen-bond acceptors (Lipinski definition) is 2. The van der Waals surface area contributed by atoms with E-state index in [0.29, 0.717) is 13.1 Å². The molecule has 15 heavy (non-hydrogen) atoms. The summed E-state index contributed by atoms with van der Waals surface area (Å²) in [5.41, 5.74) is 8.39. The van der Waals surface area contributed by atoms with E-state index in [1.807, 2.05) is 30.4 Å². The standard InChI is InChI=1S/C12H14N2O/c13-6-2-1-3-9-4-5-11-10(7-9)8-14-12(11)15/h1,3-5,7H,2,6,8,13H2,(H,14,15). The van der Waals surface area contributed by atoms with Crippen LogP contribution in [0.1, 0.15) is 27.9 Å². The van der Waals surface area contributed by atoms with Gasteiger partial charge >= 0.3 is 0 Å². The molecule has 0 spiro atoms. The van der Waals surface area contributed by atoms with Gasteiger partial charge in [-0.15, -0.1) is 0 Å². The molecule has 0 bridgehead atoms. The van der Waals surface area contributed by atoms with Crippen LogP contribution in [0.3, 0.4) is 0 Å². The molecule has 1 aliphatic rings. The first-order chi connectivity index (χ1) is 7.31. The molecule has 0 saturated heterocycles. The van der Waals surface area contributed by atoms with E-state index < -0.39 is 0 Å². The summed E-state index contributed by atoms with van der Waals surface area (Å²) in [6.45, 7) is 1.31. The monoisotopic (exact) mass is 202 g/mol. The van der Waals surface area contributed by atoms with Gasteiger partial charge < -0.3 is 11.1 Å². The Morgan fingerprint density at radius 1 is 1.47 bits per heavy atom. The summed E-state index contributed by atoms with van der Waals surface area (Å²) in [6, 6.07) is 5.87. The summed E-state index contributed by atoms with van der Waals surface area (Å²) in [4.78, 5) is 11.3. The molecule has 1 aromatic carbocycles. The lowest BCUT2D eigenvalue weighted by atomic mass is 10.1. The number of nitrogens with one attached hydrogen (secondary N) is 1. The Balaban J connectivity index is 2.19. The van der Waals surface area contributed by atoms with Crippen molar-refractivity contribution in [3.05, 3.63) is 41.0 Å². The van der Waals surface area contributed by atoms with Crippen LogP contribution in [-0.2, 0) is 6.54 Å². The van der Waals surface area contributed by atoms with Gasteiger partial charge in [0.05, 0.1) is 0 Å². The minimum Gasteiger partial charge on any atom is -0.348 e. The predicted octanol–water partition coefficient (Wildman–Crippen LogP) is 1.29. The highest BCUT2D eigenvalue weighted by Gasteiger charge is 2.17. The molecule has 1 aliphatic heterocycles. The summed E-state index contributed by atoms with van der Waals surface area (Å²) in [5.74, 6) is 0.0301. The van der Waals surface area contributed by atoms with Crippen LogP contribution in [0.5, 0.6) is 0 Å². The van der Waals surface area contributed by atoms with Gasteiger partial charge in [-0.05, 0) is 36.2 Å². The Morgan fingerprint density at radius 2 is 2.33 bits per heavy atom. The first-order valence-corrected chi connectivity index (χ1v) is 5.09. The zero-order valence-corrected chi connectivity index (χ0v) is 8.49. The second-order valence-electron chi connectivity index (χ2n) is 3.58. The average molecular weight is 202 g/mol. The van der Waals surface area contributed by atoms with E-state index in [9.17, 15) is 4.79 Å². The third-order valence-electron chi connectivity index (χ3n) is 2.46. The van der Waals surface area contributed by atoms with Crippen molar-refractivity contribution in [1.29, 1.82) is 0 Å². The quantitative estimate of drug-likeness (QED) is 0.776. The highest BCUT2D eigenvalue weighted by molar-refractivity contribution is 5.98. The normalized spacial score (nSPS) is 14.3. The first kappa shape index (κ1) is 9.93. The molecule has 3 N–H and O–H groups in total. The largest absolute Gasteiger partial charge is 0.348 e. The molecule has 1 amide bonds. The van der Waals surface area contributed by atoms with E-state index in [1.165, 1.54) is 0 Å². The van der Waals surface area contributed by atoms with Crippen LogP contribution < -0.4 is 11.1 Å². The number of amides is 1. The van der Waals surface area contributed by atoms with Crippen molar-refractivity contribution in [3.8, 4) is 0 Å². The first-order valence-electron chi connectivity index (χ1n) is 5.09. The number of benzene rings is 1. The number of fused-ring (bicyclic) bond motifs is 1. The maximum Gasteiger partial charge on any atom is 0.251 e. The van der Waals surface area contributed by atoms with E-state index in [-0.39, 0.29) is 5.91 Å². The van der Waals surface area contributed by atoms with Crippen LogP contribution in [-0.4, -0.2) is 12.5 Å². The Kier molecular flexibility index (Phi) is 2.83. The maximum absolute atomic E-state index is 11.3. The number of nitrogens with two attached hydrogens (primary N) is 1. The highest BCUT2D eigenvalue weighted by atomic mass is 16.1. The fourth-order valence-corrected chi connectivity index (χ4v) is 1.67. The smallest absolute Gasteiger partial charge is 0.251 e. The van der Waals surface area contributed by atoms with Crippen molar-refractivity contribution in [2.45, 2.75) is 13.0 Å². The molecule has 78 valence electrons. The molecule has 3 nitrogen and oxygen atoms in total. The van der Waals surface area contributed by atoms with Gasteiger partial charge in [-0.25, -0.2) is 0 Å². The lowest BCUT2D eigenvalue weighted by molar-refractivity contribution is 0.0966. The highest BCUT2D eigenvalue weighted by Crippen LogP contribution is 2.17. The number of carbonyl (C=O) groups is 1. The van der Waals surface area contributed by atoms with E-state index in [0.717, 1.165) is 23.1 Å². The molecule has 2 rings (SSSR count). The molecule has 0 aromatic heterocycles. The van der Waals surface area contributed by atoms with Gasteiger partial charge in [0.1, 0.15) is 0 Å². The third kappa shape index (κ3) is 2.07. The van der Waals surface area contributed by atoms with Crippen LogP contribution in [0.2, 0.25) is 0 Å². The second kappa shape index (κ2) is 4.28. The van der Waals surface area contributed by atoms with E-state index in [4.69, 9.17) is 5.73 Å². The minimum atomic E-state index is 0.0301. The Bertz CT molecular complexity index is 410. The van der Waals surface area contributed by atoms with Crippen molar-refractivity contribution in [3.63, 3.8) is 0 Å². The van der Waals surface area contributed by atoms with Crippen LogP contribution >= 0.6 is 0 Å². The van der Waals surface area contributed by atoms with Gasteiger partial charge in [0, 0.05) is 12.1 Å². The lowest BCUT2D eigenvalue weighted by Gasteiger charge is -1.97. The number of rotatable bonds is 3. The van der Waals surface area contributed by atoms with Gasteiger partial charge in [0.2, 0.25) is 0 Å². The molecule has 0 unspecified atom stereocenters. The molecule has 3 heteroatoms. The molecule has 1 heterocycles. The maximum atomic E-state index is 11.3. The van der Waals surface area contributed by atoms with Crippen molar-refractivity contribution >= 4 is 12.0 Å². The van der Waals surface area contributed by atoms with Gasteiger partial charge in [-0.3, -0.25) is 4.79 Å². The van der Waals surface area contributed by atoms with Crippen LogP contribution in [0.4, 0.5) is 0 Å². The van der Waals surface area contributed by atoms with Gasteiger partial charge in [0.25, 0.3) is 5.91 Å². The number of hydrogen-bond donors (Lipinski definition) is 2. The molecule has 0 aliphatic carbocycles. The molecule has 0 radical (unpaired) electrons. The molecular weight excluding hydrogens is 188 g/mol. The van der Waals surface area contributed by atoms with Crippen molar-refractivity contribution in [1.82, 2.24) is 5.32 Å². The molecular formula is C12H14N2O. The zero-order chi connectivity index (χ0) is 10.7. The third-order valence-corrected chi connectivity index (χ3v) is 2.46. The Morgan fingerprint density at radius 3 is 3.13 bits per heavy atom. The summed E-state index contributed by atoms with van der Waals surface area (Å²) in [6.07, 6.45) is 4.97. The summed E-state index contributed by atoms with van der Waals surface area (Å²) < 4.78 is 0. The zero-order valence-electron chi connectivity index (χ0n) is 8.49. The van der Waals surface area contributed by atoms with Crippen LogP contribution in [0.15, 0.2) is 24.3 Å². The van der Waals surface area contributed by atoms with Gasteiger partial charge in [-0.1, -0.05) is 18.2 Å². The second-order valence-corrected chi connectivity index (χ2v) is 3.58. The van der Waals surface area contributed by atoms with Crippen LogP contribution in [0, 0.1) is 0 Å². The van der Waals surface area contributed by atoms with Crippen molar-refractivity contribution < 1.29 is 4.79 Å². The van der Waals surface area contributed by atoms with Crippen LogP contribution in [0.25, 0.3) is 6.08 Å². The fraction of sp³-hybridized carbons (Fsp3) is 0.250. The van der Waals surface area contributed by atoms with Gasteiger partial charge in [-0.2, -0.15) is 0 Å². The molecule has 0 saturated carbocycles. The van der Waals surface area contributed by atoms with Crippen molar-refractivity contribution in [2.24, 2.45) is 5.73 Å². The summed E-state index contributed by atoms with van der Waals surface area (Å²) in [5, 5.41) is 2.80. The molecule has 0 atom stereocenters. The van der Waals surface area contributed by atoms with Gasteiger partial charge in [0.15, 0.2) is 0 Å². The van der Waals surface area contributed by atoms with E-state index >= 15 is 0 Å². The summed E-state index contributed by atoms with van der Waals surface area (Å²) >= 11 is 0. The fourth-order valence-electron chi connectivity index (χ4n) is 1.67. The topological polar surface area (TPSA) is 55.1 Å². The predicted molar refractivity (Wildman–Crippen MR) is 60.3 cm³/mol. The molecule has 1 aromatic rings. The number of carbonyl (C=O) groups excluding carboxylic acids is 1. The minimum absolute atomic E-state index is 0.0301. The average Bonchev–Trinajstić information content (AvgIpc) is 2.61. The molecule has 0 fully saturated rings. The van der Waals surface area contributed by atoms with Crippen molar-refractivity contribution in [2.75, 3.05) is 6.54 Å². The Labute approximate surface area is 89.0 Å². The lowest BCUT2D eigenvalue weighted by Crippen LogP contribution is -2.12. The van der Waals surface area contributed by atoms with E-state index in [2.05, 4.69) is 5.32 Å². The summed E-state index contributed by atoms with van der Waals surface area (Å²) in [7, 11) is 0. The van der Waals surface area contributed by atoms with E-state index in [1.54, 1.807) is 0 Å². The SMILES string of the molecule is NCCC=Cc1ccc2c(c1)CNC2=O. The Hall–Kier alpha value is -1.61.